The summed E-state index contributed by atoms with van der Waals surface area (Å²) in [6.07, 6.45) is 4.52. The topological polar surface area (TPSA) is 149 Å². The second-order valence-corrected chi connectivity index (χ2v) is 6.99. The second kappa shape index (κ2) is 8.78. The van der Waals surface area contributed by atoms with Gasteiger partial charge < -0.3 is 9.68 Å². The number of nitro groups is 2. The van der Waals surface area contributed by atoms with Crippen LogP contribution >= 0.6 is 0 Å². The molecular weight excluding hydrogens is 436 g/mol. The van der Waals surface area contributed by atoms with Crippen LogP contribution in [0.3, 0.4) is 0 Å². The van der Waals surface area contributed by atoms with Gasteiger partial charge in [0.05, 0.1) is 33.3 Å². The fourth-order valence-corrected chi connectivity index (χ4v) is 3.44. The molecule has 0 aliphatic carbocycles. The number of aldehydes is 2. The van der Waals surface area contributed by atoms with Crippen LogP contribution < -0.4 is 9.68 Å². The Morgan fingerprint density at radius 2 is 1.18 bits per heavy atom. The summed E-state index contributed by atoms with van der Waals surface area (Å²) < 4.78 is 2.74. The summed E-state index contributed by atoms with van der Waals surface area (Å²) in [5.74, 6) is 0. The van der Waals surface area contributed by atoms with Crippen LogP contribution in [0.4, 0.5) is 11.4 Å². The molecule has 0 saturated heterocycles. The van der Waals surface area contributed by atoms with Crippen molar-refractivity contribution in [3.8, 4) is 0 Å². The first-order valence-electron chi connectivity index (χ1n) is 9.69. The molecule has 4 aromatic rings. The highest BCUT2D eigenvalue weighted by Gasteiger charge is 2.15. The molecule has 0 fully saturated rings. The molecule has 0 bridgehead atoms. The van der Waals surface area contributed by atoms with Crippen molar-refractivity contribution in [2.24, 2.45) is 0 Å². The van der Waals surface area contributed by atoms with Gasteiger partial charge in [0.15, 0.2) is 12.6 Å². The third-order valence-corrected chi connectivity index (χ3v) is 4.99. The Hall–Kier alpha value is -4.74. The summed E-state index contributed by atoms with van der Waals surface area (Å²) >= 11 is 0. The van der Waals surface area contributed by atoms with Crippen molar-refractivity contribution >= 4 is 45.8 Å². The number of hydrogen-bond donors (Lipinski definition) is 0. The molecule has 0 radical (unpaired) electrons. The minimum Gasteiger partial charge on any atom is -0.414 e. The van der Waals surface area contributed by atoms with Crippen LogP contribution in [0.1, 0.15) is 27.1 Å². The number of carbonyl (C=O) groups excluding carboxylic acids is 2. The van der Waals surface area contributed by atoms with E-state index in [4.69, 9.17) is 9.68 Å². The third-order valence-electron chi connectivity index (χ3n) is 4.99. The lowest BCUT2D eigenvalue weighted by Crippen LogP contribution is -2.17. The molecule has 2 aromatic carbocycles. The van der Waals surface area contributed by atoms with Crippen molar-refractivity contribution < 1.29 is 29.1 Å². The van der Waals surface area contributed by atoms with E-state index in [0.29, 0.717) is 40.8 Å². The van der Waals surface area contributed by atoms with E-state index >= 15 is 0 Å². The van der Waals surface area contributed by atoms with Gasteiger partial charge >= 0.3 is 0 Å². The van der Waals surface area contributed by atoms with Crippen LogP contribution in [-0.4, -0.2) is 45.1 Å². The molecule has 12 heteroatoms. The number of carbonyl (C=O) groups is 2. The number of fused-ring (bicyclic) bond motifs is 2. The lowest BCUT2D eigenvalue weighted by molar-refractivity contribution is -0.384. The lowest BCUT2D eigenvalue weighted by Gasteiger charge is -2.10. The van der Waals surface area contributed by atoms with Gasteiger partial charge in [0, 0.05) is 52.6 Å². The van der Waals surface area contributed by atoms with E-state index in [0.717, 1.165) is 0 Å². The molecule has 0 unspecified atom stereocenters. The summed E-state index contributed by atoms with van der Waals surface area (Å²) in [5.41, 5.74) is 1.29. The van der Waals surface area contributed by atoms with E-state index in [9.17, 15) is 29.8 Å². The fraction of sp³-hybridized carbons (Fsp3) is 0.143. The van der Waals surface area contributed by atoms with Gasteiger partial charge in [-0.25, -0.2) is 0 Å². The van der Waals surface area contributed by atoms with E-state index in [1.807, 2.05) is 0 Å². The Bertz CT molecular complexity index is 1300. The van der Waals surface area contributed by atoms with Gasteiger partial charge in [-0.3, -0.25) is 29.8 Å². The quantitative estimate of drug-likeness (QED) is 0.154. The van der Waals surface area contributed by atoms with Gasteiger partial charge in [0.25, 0.3) is 11.4 Å². The largest absolute Gasteiger partial charge is 0.414 e. The monoisotopic (exact) mass is 452 g/mol. The Labute approximate surface area is 184 Å². The number of nitrogens with zero attached hydrogens (tertiary/aromatic N) is 4. The minimum absolute atomic E-state index is 0.129. The maximum atomic E-state index is 11.3. The standard InChI is InChI=1S/C21H16N4O8/c26-12-14-10-22(20-4-2-16(24(28)29)8-18(14)20)32-6-1-7-33-23-11-15(13-27)19-9-17(25(30)31)3-5-21(19)23/h2-5,8-13H,1,6-7H2. The first-order valence-corrected chi connectivity index (χ1v) is 9.69. The second-order valence-electron chi connectivity index (χ2n) is 6.99. The Morgan fingerprint density at radius 3 is 1.55 bits per heavy atom. The average molecular weight is 452 g/mol. The zero-order valence-corrected chi connectivity index (χ0v) is 16.9. The molecule has 0 N–H and O–H groups in total. The van der Waals surface area contributed by atoms with Crippen molar-refractivity contribution in [3.63, 3.8) is 0 Å². The predicted molar refractivity (Wildman–Crippen MR) is 115 cm³/mol. The molecule has 2 heterocycles. The van der Waals surface area contributed by atoms with Crippen LogP contribution in [0.25, 0.3) is 21.8 Å². The molecule has 2 aromatic heterocycles. The highest BCUT2D eigenvalue weighted by Crippen LogP contribution is 2.26. The molecule has 0 saturated carbocycles. The molecule has 12 nitrogen and oxygen atoms in total. The number of nitro benzene ring substituents is 2. The SMILES string of the molecule is O=Cc1cn(OCCCOn2cc(C=O)c3cc([N+](=O)[O-])ccc32)c2ccc([N+](=O)[O-])cc12. The molecular formula is C21H16N4O8. The summed E-state index contributed by atoms with van der Waals surface area (Å²) in [6, 6.07) is 8.28. The molecule has 33 heavy (non-hydrogen) atoms. The number of rotatable bonds is 10. The van der Waals surface area contributed by atoms with Crippen molar-refractivity contribution in [3.05, 3.63) is 80.1 Å². The van der Waals surface area contributed by atoms with E-state index in [1.54, 1.807) is 0 Å². The first-order chi connectivity index (χ1) is 15.9. The van der Waals surface area contributed by atoms with Gasteiger partial charge in [0.1, 0.15) is 13.2 Å². The van der Waals surface area contributed by atoms with E-state index < -0.39 is 9.85 Å². The minimum atomic E-state index is -0.539. The van der Waals surface area contributed by atoms with Crippen molar-refractivity contribution in [2.75, 3.05) is 13.2 Å². The van der Waals surface area contributed by atoms with E-state index in [1.165, 1.54) is 58.3 Å². The van der Waals surface area contributed by atoms with Crippen LogP contribution in [0.5, 0.6) is 0 Å². The molecule has 0 atom stereocenters. The van der Waals surface area contributed by atoms with Crippen molar-refractivity contribution in [1.82, 2.24) is 9.46 Å². The van der Waals surface area contributed by atoms with E-state index in [-0.39, 0.29) is 35.7 Å². The number of non-ortho nitro benzene ring substituents is 2. The third kappa shape index (κ3) is 4.08. The van der Waals surface area contributed by atoms with Gasteiger partial charge in [-0.2, -0.15) is 9.46 Å². The predicted octanol–water partition coefficient (Wildman–Crippen LogP) is 2.98. The number of benzene rings is 2. The Morgan fingerprint density at radius 1 is 0.758 bits per heavy atom. The number of hydrogen-bond acceptors (Lipinski definition) is 8. The van der Waals surface area contributed by atoms with Gasteiger partial charge in [-0.05, 0) is 12.1 Å². The van der Waals surface area contributed by atoms with E-state index in [2.05, 4.69) is 0 Å². The molecule has 0 aliphatic rings. The first kappa shape index (κ1) is 21.5. The van der Waals surface area contributed by atoms with Crippen molar-refractivity contribution in [2.45, 2.75) is 6.42 Å². The molecule has 0 spiro atoms. The Balaban J connectivity index is 1.42. The van der Waals surface area contributed by atoms with Gasteiger partial charge in [-0.15, -0.1) is 0 Å². The maximum absolute atomic E-state index is 11.3. The molecule has 0 amide bonds. The summed E-state index contributed by atoms with van der Waals surface area (Å²) in [4.78, 5) is 54.8. The van der Waals surface area contributed by atoms with Crippen molar-refractivity contribution in [1.29, 1.82) is 0 Å². The highest BCUT2D eigenvalue weighted by atomic mass is 16.7. The van der Waals surface area contributed by atoms with Gasteiger partial charge in [0.2, 0.25) is 0 Å². The van der Waals surface area contributed by atoms with Crippen LogP contribution in [0.15, 0.2) is 48.8 Å². The van der Waals surface area contributed by atoms with Crippen LogP contribution in [0, 0.1) is 20.2 Å². The summed E-state index contributed by atoms with van der Waals surface area (Å²) in [6.45, 7) is 0.397. The number of aromatic nitrogens is 2. The van der Waals surface area contributed by atoms with Gasteiger partial charge in [-0.1, -0.05) is 0 Å². The van der Waals surface area contributed by atoms with Crippen LogP contribution in [0.2, 0.25) is 0 Å². The zero-order chi connectivity index (χ0) is 23.5. The Kier molecular flexibility index (Phi) is 5.72. The normalized spacial score (nSPS) is 10.9. The molecule has 0 aliphatic heterocycles. The highest BCUT2D eigenvalue weighted by molar-refractivity contribution is 5.99. The average Bonchev–Trinajstić information content (AvgIpc) is 3.35. The summed E-state index contributed by atoms with van der Waals surface area (Å²) in [5, 5.41) is 22.8. The maximum Gasteiger partial charge on any atom is 0.270 e. The molecule has 168 valence electrons. The summed E-state index contributed by atoms with van der Waals surface area (Å²) in [7, 11) is 0. The van der Waals surface area contributed by atoms with Crippen LogP contribution in [-0.2, 0) is 0 Å². The molecule has 4 rings (SSSR count). The fourth-order valence-electron chi connectivity index (χ4n) is 3.44. The smallest absolute Gasteiger partial charge is 0.270 e. The zero-order valence-electron chi connectivity index (χ0n) is 16.9. The lowest BCUT2D eigenvalue weighted by atomic mass is 10.2.